The van der Waals surface area contributed by atoms with Crippen molar-refractivity contribution >= 4 is 21.8 Å². The number of rotatable bonds is 6. The van der Waals surface area contributed by atoms with Gasteiger partial charge in [-0.3, -0.25) is 0 Å². The molecule has 0 saturated heterocycles. The van der Waals surface area contributed by atoms with Crippen molar-refractivity contribution in [2.75, 3.05) is 12.4 Å². The number of sulfonamides is 1. The number of hydrogen-bond acceptors (Lipinski definition) is 4. The fourth-order valence-electron chi connectivity index (χ4n) is 1.17. The standard InChI is InChI=1S/C10H14FNO3S2/c11-9-7-8(17(12,14)15)3-4-10(9)16-6-2-1-5-13/h3-4,7,13H,1-2,5-6H2,(H2,12,14,15). The van der Waals surface area contributed by atoms with Crippen LogP contribution in [0.15, 0.2) is 28.0 Å². The van der Waals surface area contributed by atoms with Gasteiger partial charge in [0, 0.05) is 11.5 Å². The highest BCUT2D eigenvalue weighted by Gasteiger charge is 2.11. The SMILES string of the molecule is NS(=O)(=O)c1ccc(SCCCCO)c(F)c1. The zero-order valence-electron chi connectivity index (χ0n) is 9.10. The van der Waals surface area contributed by atoms with E-state index in [0.717, 1.165) is 12.5 Å². The molecule has 0 bridgehead atoms. The minimum Gasteiger partial charge on any atom is -0.396 e. The van der Waals surface area contributed by atoms with Gasteiger partial charge in [0.2, 0.25) is 10.0 Å². The molecule has 0 fully saturated rings. The van der Waals surface area contributed by atoms with Gasteiger partial charge < -0.3 is 5.11 Å². The van der Waals surface area contributed by atoms with E-state index in [1.807, 2.05) is 0 Å². The number of aliphatic hydroxyl groups is 1. The van der Waals surface area contributed by atoms with Gasteiger partial charge in [0.15, 0.2) is 0 Å². The van der Waals surface area contributed by atoms with Crippen molar-refractivity contribution < 1.29 is 17.9 Å². The predicted octanol–water partition coefficient (Wildman–Crippen LogP) is 1.34. The first kappa shape index (κ1) is 14.4. The Morgan fingerprint density at radius 2 is 2.06 bits per heavy atom. The van der Waals surface area contributed by atoms with Crippen LogP contribution in [0.5, 0.6) is 0 Å². The van der Waals surface area contributed by atoms with Gasteiger partial charge in [-0.15, -0.1) is 11.8 Å². The molecule has 1 aromatic carbocycles. The average molecular weight is 279 g/mol. The van der Waals surface area contributed by atoms with E-state index in [1.54, 1.807) is 0 Å². The Morgan fingerprint density at radius 3 is 2.59 bits per heavy atom. The third-order valence-electron chi connectivity index (χ3n) is 2.04. The summed E-state index contributed by atoms with van der Waals surface area (Å²) in [7, 11) is -3.85. The highest BCUT2D eigenvalue weighted by atomic mass is 32.2. The Kier molecular flexibility index (Phi) is 5.38. The molecule has 0 radical (unpaired) electrons. The molecule has 1 rings (SSSR count). The largest absolute Gasteiger partial charge is 0.396 e. The quantitative estimate of drug-likeness (QED) is 0.608. The van der Waals surface area contributed by atoms with E-state index in [0.29, 0.717) is 17.1 Å². The van der Waals surface area contributed by atoms with Gasteiger partial charge in [-0.25, -0.2) is 17.9 Å². The van der Waals surface area contributed by atoms with Crippen molar-refractivity contribution in [3.8, 4) is 0 Å². The van der Waals surface area contributed by atoms with Gasteiger partial charge >= 0.3 is 0 Å². The molecule has 0 aromatic heterocycles. The van der Waals surface area contributed by atoms with Crippen LogP contribution in [0.4, 0.5) is 4.39 Å². The van der Waals surface area contributed by atoms with Crippen LogP contribution >= 0.6 is 11.8 Å². The summed E-state index contributed by atoms with van der Waals surface area (Å²) in [5.74, 6) is 0.0807. The van der Waals surface area contributed by atoms with Crippen molar-refractivity contribution in [1.82, 2.24) is 0 Å². The number of halogens is 1. The summed E-state index contributed by atoms with van der Waals surface area (Å²) in [6.45, 7) is 0.118. The first-order valence-electron chi connectivity index (χ1n) is 5.01. The van der Waals surface area contributed by atoms with Crippen LogP contribution in [-0.2, 0) is 10.0 Å². The summed E-state index contributed by atoms with van der Waals surface area (Å²) in [5, 5.41) is 13.5. The van der Waals surface area contributed by atoms with E-state index in [9.17, 15) is 12.8 Å². The number of benzene rings is 1. The van der Waals surface area contributed by atoms with Crippen molar-refractivity contribution in [1.29, 1.82) is 0 Å². The van der Waals surface area contributed by atoms with Crippen LogP contribution in [0.25, 0.3) is 0 Å². The molecule has 7 heteroatoms. The second-order valence-electron chi connectivity index (χ2n) is 3.42. The van der Waals surface area contributed by atoms with Crippen LogP contribution < -0.4 is 5.14 Å². The molecule has 0 aliphatic rings. The molecule has 3 N–H and O–H groups in total. The molecular formula is C10H14FNO3S2. The molecule has 17 heavy (non-hydrogen) atoms. The van der Waals surface area contributed by atoms with Crippen molar-refractivity contribution in [3.63, 3.8) is 0 Å². The van der Waals surface area contributed by atoms with Crippen LogP contribution in [0, 0.1) is 5.82 Å². The Morgan fingerprint density at radius 1 is 1.35 bits per heavy atom. The minimum absolute atomic E-state index is 0.118. The Bertz CT molecular complexity index is 476. The molecule has 0 aliphatic carbocycles. The summed E-state index contributed by atoms with van der Waals surface area (Å²) >= 11 is 1.28. The van der Waals surface area contributed by atoms with E-state index in [1.165, 1.54) is 23.9 Å². The Labute approximate surface area is 104 Å². The first-order chi connectivity index (χ1) is 7.95. The summed E-state index contributed by atoms with van der Waals surface area (Å²) in [4.78, 5) is 0.157. The summed E-state index contributed by atoms with van der Waals surface area (Å²) in [6.07, 6.45) is 1.45. The lowest BCUT2D eigenvalue weighted by Gasteiger charge is -2.04. The average Bonchev–Trinajstić information content (AvgIpc) is 2.24. The Balaban J connectivity index is 2.70. The van der Waals surface area contributed by atoms with Gasteiger partial charge in [-0.1, -0.05) is 0 Å². The highest BCUT2D eigenvalue weighted by molar-refractivity contribution is 7.99. The maximum Gasteiger partial charge on any atom is 0.238 e. The van der Waals surface area contributed by atoms with Gasteiger partial charge in [0.25, 0.3) is 0 Å². The van der Waals surface area contributed by atoms with E-state index in [4.69, 9.17) is 10.2 Å². The molecule has 96 valence electrons. The molecule has 0 aliphatic heterocycles. The molecule has 4 nitrogen and oxygen atoms in total. The topological polar surface area (TPSA) is 80.4 Å². The predicted molar refractivity (Wildman–Crippen MR) is 64.8 cm³/mol. The smallest absolute Gasteiger partial charge is 0.238 e. The maximum atomic E-state index is 13.5. The third-order valence-corrected chi connectivity index (χ3v) is 4.09. The fourth-order valence-corrected chi connectivity index (χ4v) is 2.63. The maximum absolute atomic E-state index is 13.5. The number of thioether (sulfide) groups is 1. The molecular weight excluding hydrogens is 265 g/mol. The highest BCUT2D eigenvalue weighted by Crippen LogP contribution is 2.24. The molecule has 0 saturated carbocycles. The van der Waals surface area contributed by atoms with E-state index in [2.05, 4.69) is 0 Å². The van der Waals surface area contributed by atoms with Crippen LogP contribution in [-0.4, -0.2) is 25.9 Å². The normalized spacial score (nSPS) is 11.7. The number of nitrogens with two attached hydrogens (primary N) is 1. The van der Waals surface area contributed by atoms with Crippen molar-refractivity contribution in [2.45, 2.75) is 22.6 Å². The molecule has 0 amide bonds. The van der Waals surface area contributed by atoms with Crippen molar-refractivity contribution in [3.05, 3.63) is 24.0 Å². The first-order valence-corrected chi connectivity index (χ1v) is 7.54. The van der Waals surface area contributed by atoms with Gasteiger partial charge in [0.1, 0.15) is 5.82 Å². The lowest BCUT2D eigenvalue weighted by atomic mass is 10.3. The number of hydrogen-bond donors (Lipinski definition) is 2. The van der Waals surface area contributed by atoms with Crippen LogP contribution in [0.3, 0.4) is 0 Å². The van der Waals surface area contributed by atoms with Gasteiger partial charge in [0.05, 0.1) is 4.90 Å². The number of primary sulfonamides is 1. The summed E-state index contributed by atoms with van der Waals surface area (Å²) in [6, 6.07) is 3.61. The van der Waals surface area contributed by atoms with E-state index in [-0.39, 0.29) is 11.5 Å². The van der Waals surface area contributed by atoms with Crippen LogP contribution in [0.1, 0.15) is 12.8 Å². The lowest BCUT2D eigenvalue weighted by molar-refractivity contribution is 0.287. The van der Waals surface area contributed by atoms with Gasteiger partial charge in [-0.05, 0) is 36.8 Å². The number of aliphatic hydroxyl groups excluding tert-OH is 1. The fraction of sp³-hybridized carbons (Fsp3) is 0.400. The van der Waals surface area contributed by atoms with Crippen LogP contribution in [0.2, 0.25) is 0 Å². The van der Waals surface area contributed by atoms with Gasteiger partial charge in [-0.2, -0.15) is 0 Å². The lowest BCUT2D eigenvalue weighted by Crippen LogP contribution is -2.12. The molecule has 0 heterocycles. The second-order valence-corrected chi connectivity index (χ2v) is 6.11. The Hall–Kier alpha value is -0.630. The second kappa shape index (κ2) is 6.34. The van der Waals surface area contributed by atoms with E-state index >= 15 is 0 Å². The molecule has 1 aromatic rings. The number of unbranched alkanes of at least 4 members (excludes halogenated alkanes) is 1. The monoisotopic (exact) mass is 279 g/mol. The molecule has 0 spiro atoms. The molecule has 0 unspecified atom stereocenters. The molecule has 0 atom stereocenters. The zero-order chi connectivity index (χ0) is 12.9. The minimum atomic E-state index is -3.85. The third kappa shape index (κ3) is 4.63. The summed E-state index contributed by atoms with van der Waals surface area (Å²) in [5.41, 5.74) is 0. The van der Waals surface area contributed by atoms with Crippen molar-refractivity contribution in [2.24, 2.45) is 5.14 Å². The van der Waals surface area contributed by atoms with E-state index < -0.39 is 15.8 Å². The summed E-state index contributed by atoms with van der Waals surface area (Å²) < 4.78 is 35.4. The zero-order valence-corrected chi connectivity index (χ0v) is 10.7.